The smallest absolute Gasteiger partial charge is 0.163 e. The maximum atomic E-state index is 6.12. The standard InChI is InChI=1S/C16H11Cl2N5/c17-8-1-4-10(5-2-8)20-16-13-14(22-23-16)11-7-9(18)3-6-12(11)21-15(13)19/h1-7H,(H2,19,21)(H2,20,22,23). The highest BCUT2D eigenvalue weighted by Gasteiger charge is 2.14. The van der Waals surface area contributed by atoms with Crippen LogP contribution in [0.15, 0.2) is 42.5 Å². The molecule has 0 aliphatic rings. The molecule has 7 heteroatoms. The van der Waals surface area contributed by atoms with Crippen molar-refractivity contribution in [2.75, 3.05) is 11.1 Å². The first-order chi connectivity index (χ1) is 11.1. The predicted octanol–water partition coefficient (Wildman–Crippen LogP) is 4.74. The van der Waals surface area contributed by atoms with E-state index in [2.05, 4.69) is 20.5 Å². The SMILES string of the molecule is Nc1nc2ccc(Cl)cc2c2[nH]nc(Nc3ccc(Cl)cc3)c12. The molecule has 23 heavy (non-hydrogen) atoms. The van der Waals surface area contributed by atoms with Gasteiger partial charge in [0, 0.05) is 21.1 Å². The molecule has 0 saturated carbocycles. The molecule has 0 radical (unpaired) electrons. The number of hydrogen-bond donors (Lipinski definition) is 3. The predicted molar refractivity (Wildman–Crippen MR) is 95.6 cm³/mol. The summed E-state index contributed by atoms with van der Waals surface area (Å²) in [6.45, 7) is 0. The van der Waals surface area contributed by atoms with E-state index in [1.54, 1.807) is 18.2 Å². The number of rotatable bonds is 2. The van der Waals surface area contributed by atoms with Crippen molar-refractivity contribution < 1.29 is 0 Å². The molecule has 4 N–H and O–H groups in total. The quantitative estimate of drug-likeness (QED) is 0.490. The Bertz CT molecular complexity index is 1020. The Balaban J connectivity index is 1.90. The average Bonchev–Trinajstić information content (AvgIpc) is 2.95. The van der Waals surface area contributed by atoms with Crippen LogP contribution in [0.3, 0.4) is 0 Å². The Morgan fingerprint density at radius 2 is 1.74 bits per heavy atom. The maximum Gasteiger partial charge on any atom is 0.163 e. The Hall–Kier alpha value is -2.50. The second kappa shape index (κ2) is 5.30. The first-order valence-corrected chi connectivity index (χ1v) is 7.63. The number of nitrogens with two attached hydrogens (primary N) is 1. The molecule has 0 aliphatic carbocycles. The van der Waals surface area contributed by atoms with Gasteiger partial charge in [0.2, 0.25) is 0 Å². The molecule has 0 amide bonds. The largest absolute Gasteiger partial charge is 0.383 e. The lowest BCUT2D eigenvalue weighted by molar-refractivity contribution is 1.12. The fourth-order valence-electron chi connectivity index (χ4n) is 2.54. The molecule has 0 fully saturated rings. The lowest BCUT2D eigenvalue weighted by atomic mass is 10.1. The second-order valence-electron chi connectivity index (χ2n) is 5.11. The lowest BCUT2D eigenvalue weighted by Crippen LogP contribution is -1.96. The van der Waals surface area contributed by atoms with Crippen LogP contribution in [-0.2, 0) is 0 Å². The summed E-state index contributed by atoms with van der Waals surface area (Å²) < 4.78 is 0. The number of nitrogens with one attached hydrogen (secondary N) is 2. The van der Waals surface area contributed by atoms with Gasteiger partial charge in [-0.05, 0) is 42.5 Å². The fourth-order valence-corrected chi connectivity index (χ4v) is 2.84. The highest BCUT2D eigenvalue weighted by Crippen LogP contribution is 2.33. The number of aromatic nitrogens is 3. The summed E-state index contributed by atoms with van der Waals surface area (Å²) in [6.07, 6.45) is 0. The van der Waals surface area contributed by atoms with Gasteiger partial charge in [0.05, 0.1) is 16.4 Å². The van der Waals surface area contributed by atoms with Gasteiger partial charge in [-0.1, -0.05) is 23.2 Å². The fraction of sp³-hybridized carbons (Fsp3) is 0. The highest BCUT2D eigenvalue weighted by atomic mass is 35.5. The van der Waals surface area contributed by atoms with Gasteiger partial charge in [0.15, 0.2) is 5.82 Å². The van der Waals surface area contributed by atoms with Crippen LogP contribution < -0.4 is 11.1 Å². The third-order valence-electron chi connectivity index (χ3n) is 3.60. The lowest BCUT2D eigenvalue weighted by Gasteiger charge is -2.06. The molecule has 2 aromatic heterocycles. The van der Waals surface area contributed by atoms with Gasteiger partial charge in [-0.15, -0.1) is 0 Å². The number of pyridine rings is 1. The maximum absolute atomic E-state index is 6.12. The minimum atomic E-state index is 0.403. The minimum Gasteiger partial charge on any atom is -0.383 e. The molecule has 5 nitrogen and oxygen atoms in total. The van der Waals surface area contributed by atoms with Gasteiger partial charge < -0.3 is 11.1 Å². The number of aromatic amines is 1. The zero-order valence-electron chi connectivity index (χ0n) is 11.8. The van der Waals surface area contributed by atoms with Crippen LogP contribution in [0.4, 0.5) is 17.3 Å². The number of nitrogen functional groups attached to an aromatic ring is 1. The second-order valence-corrected chi connectivity index (χ2v) is 5.99. The summed E-state index contributed by atoms with van der Waals surface area (Å²) >= 11 is 12.0. The first-order valence-electron chi connectivity index (χ1n) is 6.87. The molecule has 114 valence electrons. The summed E-state index contributed by atoms with van der Waals surface area (Å²) in [5.74, 6) is 1.01. The van der Waals surface area contributed by atoms with Crippen LogP contribution in [0.1, 0.15) is 0 Å². The van der Waals surface area contributed by atoms with Gasteiger partial charge in [0.25, 0.3) is 0 Å². The van der Waals surface area contributed by atoms with Crippen molar-refractivity contribution in [3.8, 4) is 0 Å². The molecular formula is C16H11Cl2N5. The van der Waals surface area contributed by atoms with E-state index in [-0.39, 0.29) is 0 Å². The minimum absolute atomic E-state index is 0.403. The molecule has 0 atom stereocenters. The molecule has 0 aliphatic heterocycles. The van der Waals surface area contributed by atoms with E-state index < -0.39 is 0 Å². The first kappa shape index (κ1) is 14.1. The number of H-pyrrole nitrogens is 1. The van der Waals surface area contributed by atoms with Crippen LogP contribution in [0.2, 0.25) is 10.0 Å². The number of anilines is 3. The van der Waals surface area contributed by atoms with Crippen molar-refractivity contribution in [1.82, 2.24) is 15.2 Å². The number of fused-ring (bicyclic) bond motifs is 3. The van der Waals surface area contributed by atoms with Crippen molar-refractivity contribution in [2.45, 2.75) is 0 Å². The van der Waals surface area contributed by atoms with Crippen LogP contribution in [0.25, 0.3) is 21.8 Å². The molecule has 2 heterocycles. The van der Waals surface area contributed by atoms with Crippen LogP contribution in [0, 0.1) is 0 Å². The summed E-state index contributed by atoms with van der Waals surface area (Å²) in [4.78, 5) is 4.43. The van der Waals surface area contributed by atoms with Gasteiger partial charge in [0.1, 0.15) is 5.82 Å². The van der Waals surface area contributed by atoms with Gasteiger partial charge in [-0.25, -0.2) is 4.98 Å². The number of nitrogens with zero attached hydrogens (tertiary/aromatic N) is 2. The Morgan fingerprint density at radius 3 is 2.52 bits per heavy atom. The van der Waals surface area contributed by atoms with Crippen molar-refractivity contribution in [1.29, 1.82) is 0 Å². The van der Waals surface area contributed by atoms with E-state index >= 15 is 0 Å². The monoisotopic (exact) mass is 343 g/mol. The highest BCUT2D eigenvalue weighted by molar-refractivity contribution is 6.32. The van der Waals surface area contributed by atoms with Gasteiger partial charge in [-0.3, -0.25) is 5.10 Å². The molecule has 0 spiro atoms. The van der Waals surface area contributed by atoms with Gasteiger partial charge >= 0.3 is 0 Å². The van der Waals surface area contributed by atoms with Crippen LogP contribution in [-0.4, -0.2) is 15.2 Å². The summed E-state index contributed by atoms with van der Waals surface area (Å²) in [6, 6.07) is 12.8. The van der Waals surface area contributed by atoms with Crippen molar-refractivity contribution in [2.24, 2.45) is 0 Å². The Labute approximate surface area is 141 Å². The van der Waals surface area contributed by atoms with Crippen molar-refractivity contribution in [3.05, 3.63) is 52.5 Å². The van der Waals surface area contributed by atoms with Crippen LogP contribution >= 0.6 is 23.2 Å². The number of halogens is 2. The summed E-state index contributed by atoms with van der Waals surface area (Å²) in [7, 11) is 0. The molecule has 0 unspecified atom stereocenters. The number of hydrogen-bond acceptors (Lipinski definition) is 4. The number of benzene rings is 2. The molecule has 0 bridgehead atoms. The van der Waals surface area contributed by atoms with E-state index in [0.717, 1.165) is 27.5 Å². The zero-order chi connectivity index (χ0) is 16.0. The third-order valence-corrected chi connectivity index (χ3v) is 4.09. The third kappa shape index (κ3) is 2.44. The van der Waals surface area contributed by atoms with E-state index in [1.807, 2.05) is 24.3 Å². The normalized spacial score (nSPS) is 11.2. The van der Waals surface area contributed by atoms with E-state index in [9.17, 15) is 0 Å². The summed E-state index contributed by atoms with van der Waals surface area (Å²) in [5.41, 5.74) is 8.54. The van der Waals surface area contributed by atoms with Crippen LogP contribution in [0.5, 0.6) is 0 Å². The Morgan fingerprint density at radius 1 is 1.00 bits per heavy atom. The molecular weight excluding hydrogens is 333 g/mol. The molecule has 4 rings (SSSR count). The van der Waals surface area contributed by atoms with E-state index in [0.29, 0.717) is 21.7 Å². The van der Waals surface area contributed by atoms with Crippen molar-refractivity contribution >= 4 is 62.3 Å². The molecule has 0 saturated heterocycles. The van der Waals surface area contributed by atoms with E-state index in [1.165, 1.54) is 0 Å². The van der Waals surface area contributed by atoms with Crippen molar-refractivity contribution in [3.63, 3.8) is 0 Å². The molecule has 2 aromatic carbocycles. The average molecular weight is 344 g/mol. The summed E-state index contributed by atoms with van der Waals surface area (Å²) in [5, 5.41) is 13.5. The Kier molecular flexibility index (Phi) is 3.25. The zero-order valence-corrected chi connectivity index (χ0v) is 13.3. The van der Waals surface area contributed by atoms with Gasteiger partial charge in [-0.2, -0.15) is 5.10 Å². The van der Waals surface area contributed by atoms with E-state index in [4.69, 9.17) is 28.9 Å². The topological polar surface area (TPSA) is 79.6 Å². The molecule has 4 aromatic rings.